The van der Waals surface area contributed by atoms with Gasteiger partial charge in [0.2, 0.25) is 0 Å². The van der Waals surface area contributed by atoms with E-state index < -0.39 is 6.10 Å². The van der Waals surface area contributed by atoms with Crippen LogP contribution in [-0.4, -0.2) is 37.2 Å². The lowest BCUT2D eigenvalue weighted by molar-refractivity contribution is -0.167. The number of ether oxygens (including phenoxy) is 3. The fourth-order valence-corrected chi connectivity index (χ4v) is 9.74. The lowest BCUT2D eigenvalue weighted by Crippen LogP contribution is -2.30. The van der Waals surface area contributed by atoms with E-state index in [0.717, 1.165) is 122 Å². The smallest absolute Gasteiger partial charge is 0.306 e. The van der Waals surface area contributed by atoms with E-state index in [1.807, 2.05) is 0 Å². The molecule has 0 aliphatic carbocycles. The van der Waals surface area contributed by atoms with Crippen LogP contribution in [0.2, 0.25) is 0 Å². The number of carbonyl (C=O) groups excluding carboxylic acids is 3. The van der Waals surface area contributed by atoms with Crippen LogP contribution in [0.5, 0.6) is 0 Å². The van der Waals surface area contributed by atoms with Crippen LogP contribution in [0.25, 0.3) is 0 Å². The largest absolute Gasteiger partial charge is 0.462 e. The molecule has 0 aromatic carbocycles. The van der Waals surface area contributed by atoms with Gasteiger partial charge in [0.1, 0.15) is 13.2 Å². The maximum Gasteiger partial charge on any atom is 0.306 e. The van der Waals surface area contributed by atoms with Crippen LogP contribution < -0.4 is 0 Å². The maximum atomic E-state index is 12.9. The molecule has 0 rings (SSSR count). The quantitative estimate of drug-likeness (QED) is 0.0261. The molecule has 0 bridgehead atoms. The van der Waals surface area contributed by atoms with Crippen LogP contribution in [0, 0.1) is 0 Å². The normalized spacial score (nSPS) is 12.7. The highest BCUT2D eigenvalue weighted by molar-refractivity contribution is 5.71. The Kier molecular flexibility index (Phi) is 64.7. The summed E-state index contributed by atoms with van der Waals surface area (Å²) in [4.78, 5) is 38.3. The Balaban J connectivity index is 4.16. The molecule has 0 aromatic rings. The third kappa shape index (κ3) is 65.1. The van der Waals surface area contributed by atoms with Gasteiger partial charge in [-0.3, -0.25) is 14.4 Å². The molecule has 0 aliphatic heterocycles. The van der Waals surface area contributed by atoms with Crippen LogP contribution in [0.1, 0.15) is 335 Å². The third-order valence-corrected chi connectivity index (χ3v) is 14.8. The fourth-order valence-electron chi connectivity index (χ4n) is 9.74. The van der Waals surface area contributed by atoms with Crippen LogP contribution >= 0.6 is 0 Å². The minimum Gasteiger partial charge on any atom is -0.462 e. The Hall–Kier alpha value is -3.67. The van der Waals surface area contributed by atoms with Gasteiger partial charge in [0.05, 0.1) is 0 Å². The first-order valence-electron chi connectivity index (χ1n) is 34.2. The summed E-state index contributed by atoms with van der Waals surface area (Å²) < 4.78 is 16.9. The molecule has 0 amide bonds. The molecule has 0 saturated heterocycles. The van der Waals surface area contributed by atoms with E-state index in [2.05, 4.69) is 118 Å². The van der Waals surface area contributed by atoms with Gasteiger partial charge in [0.15, 0.2) is 6.10 Å². The van der Waals surface area contributed by atoms with Gasteiger partial charge in [-0.15, -0.1) is 0 Å². The lowest BCUT2D eigenvalue weighted by Gasteiger charge is -2.18. The van der Waals surface area contributed by atoms with Gasteiger partial charge in [0, 0.05) is 19.3 Å². The molecular weight excluding hydrogens is 985 g/mol. The molecule has 0 aliphatic rings. The molecule has 1 atom stereocenters. The molecule has 0 spiro atoms. The Bertz CT molecular complexity index is 1560. The van der Waals surface area contributed by atoms with E-state index in [4.69, 9.17) is 14.2 Å². The summed E-state index contributed by atoms with van der Waals surface area (Å²) in [6, 6.07) is 0. The Morgan fingerprint density at radius 2 is 0.487 bits per heavy atom. The van der Waals surface area contributed by atoms with Crippen LogP contribution in [0.3, 0.4) is 0 Å². The molecule has 460 valence electrons. The van der Waals surface area contributed by atoms with E-state index in [9.17, 15) is 14.4 Å². The predicted molar refractivity (Wildman–Crippen MR) is 348 cm³/mol. The fraction of sp³-hybridized carbons (Fsp3) is 0.743. The maximum absolute atomic E-state index is 12.9. The summed E-state index contributed by atoms with van der Waals surface area (Å²) in [5.41, 5.74) is 0. The third-order valence-electron chi connectivity index (χ3n) is 14.8. The van der Waals surface area contributed by atoms with E-state index in [1.165, 1.54) is 173 Å². The Labute approximate surface area is 496 Å². The average molecular weight is 1110 g/mol. The minimum absolute atomic E-state index is 0.0867. The first-order chi connectivity index (χ1) is 39.5. The second-order valence-corrected chi connectivity index (χ2v) is 22.7. The number of esters is 3. The SMILES string of the molecule is CC/C=C\C/C=C\C/C=C\C/C=C\CCCCCCCCCCCCCCCCCCCCCCC(=O)OCC(COC(=O)CCCCC/C=C\C/C=C\C/C=C\CC)OC(=O)CCCCCCC/C=C\CCCCCCCCC. The van der Waals surface area contributed by atoms with E-state index in [-0.39, 0.29) is 31.1 Å². The monoisotopic (exact) mass is 1110 g/mol. The molecule has 6 nitrogen and oxygen atoms in total. The Morgan fingerprint density at radius 3 is 0.787 bits per heavy atom. The van der Waals surface area contributed by atoms with Crippen molar-refractivity contribution in [3.63, 3.8) is 0 Å². The zero-order valence-corrected chi connectivity index (χ0v) is 52.8. The van der Waals surface area contributed by atoms with Gasteiger partial charge in [-0.25, -0.2) is 0 Å². The topological polar surface area (TPSA) is 78.9 Å². The highest BCUT2D eigenvalue weighted by atomic mass is 16.6. The average Bonchev–Trinajstić information content (AvgIpc) is 3.46. The molecule has 0 heterocycles. The van der Waals surface area contributed by atoms with Gasteiger partial charge in [-0.2, -0.15) is 0 Å². The number of unbranched alkanes of at least 4 members (excludes halogenated alkanes) is 35. The summed E-state index contributed by atoms with van der Waals surface area (Å²) in [6.45, 7) is 6.41. The second kappa shape index (κ2) is 67.8. The van der Waals surface area contributed by atoms with E-state index in [0.29, 0.717) is 19.3 Å². The van der Waals surface area contributed by atoms with Crippen molar-refractivity contribution in [2.75, 3.05) is 13.2 Å². The van der Waals surface area contributed by atoms with Crippen molar-refractivity contribution in [1.29, 1.82) is 0 Å². The molecule has 0 saturated carbocycles. The van der Waals surface area contributed by atoms with Crippen molar-refractivity contribution >= 4 is 17.9 Å². The van der Waals surface area contributed by atoms with Gasteiger partial charge in [-0.05, 0) is 116 Å². The van der Waals surface area contributed by atoms with Crippen molar-refractivity contribution in [1.82, 2.24) is 0 Å². The van der Waals surface area contributed by atoms with E-state index in [1.54, 1.807) is 0 Å². The molecule has 0 radical (unpaired) electrons. The zero-order chi connectivity index (χ0) is 57.8. The Morgan fingerprint density at radius 1 is 0.263 bits per heavy atom. The van der Waals surface area contributed by atoms with Crippen molar-refractivity contribution in [2.24, 2.45) is 0 Å². The molecule has 0 fully saturated rings. The summed E-state index contributed by atoms with van der Waals surface area (Å²) >= 11 is 0. The van der Waals surface area contributed by atoms with Gasteiger partial charge < -0.3 is 14.2 Å². The van der Waals surface area contributed by atoms with Gasteiger partial charge in [-0.1, -0.05) is 298 Å². The lowest BCUT2D eigenvalue weighted by atomic mass is 10.0. The molecular formula is C74H128O6. The minimum atomic E-state index is -0.793. The number of hydrogen-bond donors (Lipinski definition) is 0. The standard InChI is InChI=1S/C74H128O6/c1-4-7-10-13-16-19-22-25-27-29-30-31-32-33-34-35-36-37-38-39-40-41-42-43-44-45-47-49-52-55-58-61-64-67-73(76)79-70-71(69-78-72(75)66-63-60-57-54-51-48-24-21-18-15-12-9-6-3)80-74(77)68-65-62-59-56-53-50-46-28-26-23-20-17-14-11-8-5-2/h7,9-10,12,16,18-19,21,25,27-28,30-31,46,48,51,71H,4-6,8,11,13-15,17,20,22-24,26,29,32-45,47,49-50,52-70H2,1-3H3/b10-7-,12-9-,19-16-,21-18-,27-25-,31-30-,46-28-,51-48-. The van der Waals surface area contributed by atoms with E-state index >= 15 is 0 Å². The number of carbonyl (C=O) groups is 3. The van der Waals surface area contributed by atoms with Crippen LogP contribution in [0.15, 0.2) is 97.2 Å². The predicted octanol–water partition coefficient (Wildman–Crippen LogP) is 23.6. The summed E-state index contributed by atoms with van der Waals surface area (Å²) in [5, 5.41) is 0. The van der Waals surface area contributed by atoms with Crippen molar-refractivity contribution in [3.05, 3.63) is 97.2 Å². The molecule has 1 unspecified atom stereocenters. The summed E-state index contributed by atoms with van der Waals surface area (Å²) in [5.74, 6) is -0.912. The van der Waals surface area contributed by atoms with Crippen molar-refractivity contribution in [2.45, 2.75) is 341 Å². The van der Waals surface area contributed by atoms with Gasteiger partial charge in [0.25, 0.3) is 0 Å². The molecule has 80 heavy (non-hydrogen) atoms. The van der Waals surface area contributed by atoms with Crippen molar-refractivity contribution < 1.29 is 28.6 Å². The van der Waals surface area contributed by atoms with Crippen molar-refractivity contribution in [3.8, 4) is 0 Å². The highest BCUT2D eigenvalue weighted by Crippen LogP contribution is 2.17. The molecule has 6 heteroatoms. The van der Waals surface area contributed by atoms with Crippen LogP contribution in [0.4, 0.5) is 0 Å². The first kappa shape index (κ1) is 76.3. The molecule has 0 aromatic heterocycles. The first-order valence-corrected chi connectivity index (χ1v) is 34.2. The number of allylic oxidation sites excluding steroid dienone is 16. The summed E-state index contributed by atoms with van der Waals surface area (Å²) in [7, 11) is 0. The highest BCUT2D eigenvalue weighted by Gasteiger charge is 2.19. The summed E-state index contributed by atoms with van der Waals surface area (Å²) in [6.07, 6.45) is 91.6. The number of hydrogen-bond acceptors (Lipinski definition) is 6. The van der Waals surface area contributed by atoms with Gasteiger partial charge >= 0.3 is 17.9 Å². The molecule has 0 N–H and O–H groups in total. The van der Waals surface area contributed by atoms with Crippen LogP contribution in [-0.2, 0) is 28.6 Å². The zero-order valence-electron chi connectivity index (χ0n) is 52.8. The second-order valence-electron chi connectivity index (χ2n) is 22.7. The number of rotatable bonds is 62.